The number of aryl methyl sites for hydroxylation is 1. The third-order valence-electron chi connectivity index (χ3n) is 4.81. The van der Waals surface area contributed by atoms with E-state index < -0.39 is 15.6 Å². The van der Waals surface area contributed by atoms with Gasteiger partial charge in [0.1, 0.15) is 5.60 Å². The first-order valence-corrected chi connectivity index (χ1v) is 11.0. The van der Waals surface area contributed by atoms with Gasteiger partial charge in [-0.15, -0.1) is 0 Å². The van der Waals surface area contributed by atoms with Gasteiger partial charge in [-0.2, -0.15) is 0 Å². The van der Waals surface area contributed by atoms with E-state index in [1.165, 1.54) is 3.97 Å². The van der Waals surface area contributed by atoms with Gasteiger partial charge in [0.05, 0.1) is 4.90 Å². The minimum absolute atomic E-state index is 0.0588. The normalized spacial score (nSPS) is 18.1. The van der Waals surface area contributed by atoms with E-state index in [9.17, 15) is 13.2 Å². The highest BCUT2D eigenvalue weighted by molar-refractivity contribution is 7.90. The minimum atomic E-state index is -3.68. The van der Waals surface area contributed by atoms with Gasteiger partial charge in [0.2, 0.25) is 0 Å². The number of piperidine rings is 1. The maximum Gasteiger partial charge on any atom is 0.410 e. The number of amides is 1. The molecule has 1 aromatic carbocycles. The molecule has 0 saturated carbocycles. The summed E-state index contributed by atoms with van der Waals surface area (Å²) in [5.74, 6) is -0.0588. The number of nitrogens with zero attached hydrogens (tertiary/aromatic N) is 2. The summed E-state index contributed by atoms with van der Waals surface area (Å²) in [6.07, 6.45) is 2.86. The maximum absolute atomic E-state index is 13.1. The van der Waals surface area contributed by atoms with Crippen LogP contribution < -0.4 is 0 Å². The van der Waals surface area contributed by atoms with E-state index in [1.54, 1.807) is 41.4 Å². The lowest BCUT2D eigenvalue weighted by molar-refractivity contribution is 0.0197. The second kappa shape index (κ2) is 7.62. The summed E-state index contributed by atoms with van der Waals surface area (Å²) in [6.45, 7) is 8.51. The SMILES string of the molecule is Cc1ccc(S(=O)(=O)n2cccc2C2CCCN(C(=O)OC(C)(C)C)C2)cc1. The Labute approximate surface area is 167 Å². The van der Waals surface area contributed by atoms with Gasteiger partial charge in [-0.05, 0) is 64.8 Å². The topological polar surface area (TPSA) is 68.6 Å². The van der Waals surface area contributed by atoms with Gasteiger partial charge in [-0.3, -0.25) is 0 Å². The summed E-state index contributed by atoms with van der Waals surface area (Å²) < 4.78 is 33.1. The van der Waals surface area contributed by atoms with Crippen LogP contribution in [0.15, 0.2) is 47.5 Å². The lowest BCUT2D eigenvalue weighted by Crippen LogP contribution is -2.42. The van der Waals surface area contributed by atoms with Crippen LogP contribution in [0, 0.1) is 6.92 Å². The van der Waals surface area contributed by atoms with Gasteiger partial charge < -0.3 is 9.64 Å². The highest BCUT2D eigenvalue weighted by atomic mass is 32.2. The van der Waals surface area contributed by atoms with Gasteiger partial charge in [0.25, 0.3) is 10.0 Å². The molecule has 1 aliphatic heterocycles. The molecule has 7 heteroatoms. The molecule has 0 bridgehead atoms. The van der Waals surface area contributed by atoms with Crippen LogP contribution >= 0.6 is 0 Å². The van der Waals surface area contributed by atoms with Crippen LogP contribution in [-0.4, -0.2) is 42.1 Å². The fraction of sp³-hybridized carbons (Fsp3) is 0.476. The zero-order chi connectivity index (χ0) is 20.5. The van der Waals surface area contributed by atoms with Crippen LogP contribution in [0.5, 0.6) is 0 Å². The Morgan fingerprint density at radius 1 is 1.14 bits per heavy atom. The van der Waals surface area contributed by atoms with Gasteiger partial charge in [0, 0.05) is 30.9 Å². The molecule has 3 rings (SSSR count). The molecule has 0 N–H and O–H groups in total. The molecule has 1 fully saturated rings. The smallest absolute Gasteiger partial charge is 0.410 e. The third-order valence-corrected chi connectivity index (χ3v) is 6.53. The van der Waals surface area contributed by atoms with Crippen LogP contribution in [0.2, 0.25) is 0 Å². The average Bonchev–Trinajstić information content (AvgIpc) is 3.11. The van der Waals surface area contributed by atoms with Crippen molar-refractivity contribution in [3.63, 3.8) is 0 Å². The zero-order valence-electron chi connectivity index (χ0n) is 16.9. The summed E-state index contributed by atoms with van der Waals surface area (Å²) >= 11 is 0. The predicted octanol–water partition coefficient (Wildman–Crippen LogP) is 4.15. The van der Waals surface area contributed by atoms with E-state index in [-0.39, 0.29) is 16.9 Å². The first-order valence-electron chi connectivity index (χ1n) is 9.55. The van der Waals surface area contributed by atoms with E-state index in [1.807, 2.05) is 33.8 Å². The molecule has 6 nitrogen and oxygen atoms in total. The van der Waals surface area contributed by atoms with E-state index in [2.05, 4.69) is 0 Å². The molecule has 1 unspecified atom stereocenters. The van der Waals surface area contributed by atoms with Crippen LogP contribution in [-0.2, 0) is 14.8 Å². The highest BCUT2D eigenvalue weighted by Gasteiger charge is 2.31. The molecule has 2 aromatic rings. The Kier molecular flexibility index (Phi) is 5.57. The summed E-state index contributed by atoms with van der Waals surface area (Å²) in [4.78, 5) is 14.4. The summed E-state index contributed by atoms with van der Waals surface area (Å²) in [5.41, 5.74) is 1.15. The lowest BCUT2D eigenvalue weighted by atomic mass is 9.95. The second-order valence-electron chi connectivity index (χ2n) is 8.31. The molecular weight excluding hydrogens is 376 g/mol. The number of rotatable bonds is 3. The van der Waals surface area contributed by atoms with Gasteiger partial charge >= 0.3 is 6.09 Å². The van der Waals surface area contributed by atoms with Crippen LogP contribution in [0.4, 0.5) is 4.79 Å². The van der Waals surface area contributed by atoms with Crippen molar-refractivity contribution < 1.29 is 17.9 Å². The largest absolute Gasteiger partial charge is 0.444 e. The number of carbonyl (C=O) groups is 1. The zero-order valence-corrected chi connectivity index (χ0v) is 17.7. The van der Waals surface area contributed by atoms with E-state index >= 15 is 0 Å². The Morgan fingerprint density at radius 3 is 2.46 bits per heavy atom. The fourth-order valence-corrected chi connectivity index (χ4v) is 4.87. The first-order chi connectivity index (χ1) is 13.1. The standard InChI is InChI=1S/C21H28N2O4S/c1-16-9-11-18(12-10-16)28(25,26)23-14-6-8-19(23)17-7-5-13-22(15-17)20(24)27-21(2,3)4/h6,8-12,14,17H,5,7,13,15H2,1-4H3. The quantitative estimate of drug-likeness (QED) is 0.771. The third kappa shape index (κ3) is 4.41. The second-order valence-corrected chi connectivity index (χ2v) is 10.1. The fourth-order valence-electron chi connectivity index (χ4n) is 3.45. The van der Waals surface area contributed by atoms with E-state index in [4.69, 9.17) is 4.74 Å². The van der Waals surface area contributed by atoms with Crippen molar-refractivity contribution in [2.24, 2.45) is 0 Å². The maximum atomic E-state index is 13.1. The predicted molar refractivity (Wildman–Crippen MR) is 108 cm³/mol. The number of benzene rings is 1. The van der Waals surface area contributed by atoms with Crippen molar-refractivity contribution in [3.05, 3.63) is 53.9 Å². The number of hydrogen-bond donors (Lipinski definition) is 0. The molecule has 0 spiro atoms. The molecule has 1 aliphatic rings. The molecule has 2 heterocycles. The molecule has 152 valence electrons. The first kappa shape index (κ1) is 20.5. The van der Waals surface area contributed by atoms with Crippen molar-refractivity contribution in [2.75, 3.05) is 13.1 Å². The lowest BCUT2D eigenvalue weighted by Gasteiger charge is -2.34. The van der Waals surface area contributed by atoms with Gasteiger partial charge in [-0.25, -0.2) is 17.2 Å². The number of aromatic nitrogens is 1. The molecule has 0 radical (unpaired) electrons. The van der Waals surface area contributed by atoms with E-state index in [0.717, 1.165) is 18.4 Å². The minimum Gasteiger partial charge on any atom is -0.444 e. The Balaban J connectivity index is 1.85. The monoisotopic (exact) mass is 404 g/mol. The molecule has 1 atom stereocenters. The average molecular weight is 405 g/mol. The summed E-state index contributed by atoms with van der Waals surface area (Å²) in [7, 11) is -3.68. The highest BCUT2D eigenvalue weighted by Crippen LogP contribution is 2.30. The van der Waals surface area contributed by atoms with Crippen molar-refractivity contribution in [3.8, 4) is 0 Å². The number of carbonyl (C=O) groups excluding carboxylic acids is 1. The van der Waals surface area contributed by atoms with Crippen molar-refractivity contribution >= 4 is 16.1 Å². The van der Waals surface area contributed by atoms with Crippen molar-refractivity contribution in [2.45, 2.75) is 57.0 Å². The van der Waals surface area contributed by atoms with Crippen molar-refractivity contribution in [1.82, 2.24) is 8.87 Å². The Bertz CT molecular complexity index is 940. The van der Waals surface area contributed by atoms with Crippen LogP contribution in [0.25, 0.3) is 0 Å². The molecule has 1 saturated heterocycles. The Hall–Kier alpha value is -2.28. The summed E-state index contributed by atoms with van der Waals surface area (Å²) in [5, 5.41) is 0. The van der Waals surface area contributed by atoms with Crippen molar-refractivity contribution in [1.29, 1.82) is 0 Å². The molecule has 1 aromatic heterocycles. The number of ether oxygens (including phenoxy) is 1. The molecule has 0 aliphatic carbocycles. The molecule has 28 heavy (non-hydrogen) atoms. The van der Waals surface area contributed by atoms with Gasteiger partial charge in [-0.1, -0.05) is 17.7 Å². The number of hydrogen-bond acceptors (Lipinski definition) is 4. The molecular formula is C21H28N2O4S. The van der Waals surface area contributed by atoms with Gasteiger partial charge in [0.15, 0.2) is 0 Å². The van der Waals surface area contributed by atoms with E-state index in [0.29, 0.717) is 18.8 Å². The van der Waals surface area contributed by atoms with Crippen LogP contribution in [0.3, 0.4) is 0 Å². The summed E-state index contributed by atoms with van der Waals surface area (Å²) in [6, 6.07) is 10.4. The van der Waals surface area contributed by atoms with Crippen LogP contribution in [0.1, 0.15) is 50.8 Å². The Morgan fingerprint density at radius 2 is 1.82 bits per heavy atom. The molecule has 1 amide bonds. The number of likely N-dealkylation sites (tertiary alicyclic amines) is 1.